The Balaban J connectivity index is 2.43. The summed E-state index contributed by atoms with van der Waals surface area (Å²) < 4.78 is 0. The van der Waals surface area contributed by atoms with E-state index in [1.54, 1.807) is 0 Å². The van der Waals surface area contributed by atoms with E-state index in [-0.39, 0.29) is 0 Å². The minimum Gasteiger partial charge on any atom is -0.312 e. The maximum absolute atomic E-state index is 3.56. The van der Waals surface area contributed by atoms with Crippen molar-refractivity contribution in [1.82, 2.24) is 10.2 Å². The Hall–Kier alpha value is -0.0800. The second-order valence-electron chi connectivity index (χ2n) is 4.17. The molecule has 1 heterocycles. The molecule has 0 radical (unpaired) electrons. The van der Waals surface area contributed by atoms with Gasteiger partial charge in [0.15, 0.2) is 0 Å². The third kappa shape index (κ3) is 2.46. The van der Waals surface area contributed by atoms with Crippen LogP contribution in [0.2, 0.25) is 0 Å². The van der Waals surface area contributed by atoms with Gasteiger partial charge in [-0.3, -0.25) is 0 Å². The van der Waals surface area contributed by atoms with Crippen LogP contribution < -0.4 is 5.32 Å². The molecule has 1 N–H and O–H groups in total. The van der Waals surface area contributed by atoms with Gasteiger partial charge >= 0.3 is 0 Å². The average Bonchev–Trinajstić information content (AvgIpc) is 2.01. The van der Waals surface area contributed by atoms with Gasteiger partial charge in [0.2, 0.25) is 0 Å². The first-order valence-corrected chi connectivity index (χ1v) is 5.09. The molecule has 2 heteroatoms. The van der Waals surface area contributed by atoms with Crippen LogP contribution in [0.4, 0.5) is 0 Å². The second-order valence-corrected chi connectivity index (χ2v) is 4.17. The monoisotopic (exact) mass is 170 g/mol. The number of hydrogen-bond donors (Lipinski definition) is 1. The summed E-state index contributed by atoms with van der Waals surface area (Å²) in [6, 6.07) is 2.17. The molecule has 1 fully saturated rings. The van der Waals surface area contributed by atoms with Crippen LogP contribution in [0.5, 0.6) is 0 Å². The fraction of sp³-hybridized carbons (Fsp3) is 1.00. The van der Waals surface area contributed by atoms with Crippen LogP contribution in [0, 0.1) is 0 Å². The Kier molecular flexibility index (Phi) is 3.53. The zero-order chi connectivity index (χ0) is 9.14. The van der Waals surface area contributed by atoms with Crippen molar-refractivity contribution in [2.45, 2.75) is 51.7 Å². The zero-order valence-electron chi connectivity index (χ0n) is 8.80. The van der Waals surface area contributed by atoms with E-state index in [4.69, 9.17) is 0 Å². The molecule has 2 unspecified atom stereocenters. The summed E-state index contributed by atoms with van der Waals surface area (Å²) in [4.78, 5) is 2.47. The van der Waals surface area contributed by atoms with Crippen molar-refractivity contribution in [3.8, 4) is 0 Å². The molecule has 0 aromatic rings. The maximum Gasteiger partial charge on any atom is 0.0121 e. The molecule has 1 saturated heterocycles. The molecule has 2 nitrogen and oxygen atoms in total. The van der Waals surface area contributed by atoms with E-state index in [9.17, 15) is 0 Å². The molecule has 2 atom stereocenters. The summed E-state index contributed by atoms with van der Waals surface area (Å²) in [6.45, 7) is 7.97. The standard InChI is InChI=1S/C10H22N2/c1-5-12(4)10-6-8(2)11-9(3)7-10/h8-11H,5-7H2,1-4H3. The van der Waals surface area contributed by atoms with Gasteiger partial charge in [0.1, 0.15) is 0 Å². The molecule has 0 aromatic carbocycles. The van der Waals surface area contributed by atoms with E-state index in [1.807, 2.05) is 0 Å². The van der Waals surface area contributed by atoms with E-state index in [0.717, 1.165) is 6.04 Å². The van der Waals surface area contributed by atoms with Gasteiger partial charge in [-0.25, -0.2) is 0 Å². The van der Waals surface area contributed by atoms with Crippen LogP contribution in [-0.2, 0) is 0 Å². The number of nitrogens with one attached hydrogen (secondary N) is 1. The molecule has 1 rings (SSSR count). The summed E-state index contributed by atoms with van der Waals surface area (Å²) in [5.41, 5.74) is 0. The van der Waals surface area contributed by atoms with Gasteiger partial charge in [-0.05, 0) is 40.3 Å². The molecule has 12 heavy (non-hydrogen) atoms. The molecular weight excluding hydrogens is 148 g/mol. The molecule has 0 bridgehead atoms. The Morgan fingerprint density at radius 2 is 1.75 bits per heavy atom. The highest BCUT2D eigenvalue weighted by Gasteiger charge is 2.24. The fourth-order valence-corrected chi connectivity index (χ4v) is 2.15. The van der Waals surface area contributed by atoms with E-state index in [2.05, 4.69) is 38.0 Å². The lowest BCUT2D eigenvalue weighted by Gasteiger charge is -2.37. The van der Waals surface area contributed by atoms with Crippen molar-refractivity contribution in [1.29, 1.82) is 0 Å². The van der Waals surface area contributed by atoms with Gasteiger partial charge in [-0.15, -0.1) is 0 Å². The number of nitrogens with zero attached hydrogens (tertiary/aromatic N) is 1. The van der Waals surface area contributed by atoms with Crippen LogP contribution in [-0.4, -0.2) is 36.6 Å². The van der Waals surface area contributed by atoms with Gasteiger partial charge in [-0.1, -0.05) is 6.92 Å². The Labute approximate surface area is 76.3 Å². The van der Waals surface area contributed by atoms with Crippen LogP contribution in [0.1, 0.15) is 33.6 Å². The second kappa shape index (κ2) is 4.24. The van der Waals surface area contributed by atoms with Gasteiger partial charge < -0.3 is 10.2 Å². The average molecular weight is 170 g/mol. The van der Waals surface area contributed by atoms with Gasteiger partial charge in [0, 0.05) is 18.1 Å². The first-order chi connectivity index (χ1) is 5.63. The van der Waals surface area contributed by atoms with E-state index < -0.39 is 0 Å². The number of rotatable bonds is 2. The minimum atomic E-state index is 0.688. The van der Waals surface area contributed by atoms with Crippen molar-refractivity contribution in [2.75, 3.05) is 13.6 Å². The van der Waals surface area contributed by atoms with Crippen LogP contribution in [0.25, 0.3) is 0 Å². The van der Waals surface area contributed by atoms with Crippen molar-refractivity contribution in [3.05, 3.63) is 0 Å². The number of hydrogen-bond acceptors (Lipinski definition) is 2. The summed E-state index contributed by atoms with van der Waals surface area (Å²) in [6.07, 6.45) is 2.60. The fourth-order valence-electron chi connectivity index (χ4n) is 2.15. The predicted octanol–water partition coefficient (Wildman–Crippen LogP) is 1.47. The highest BCUT2D eigenvalue weighted by molar-refractivity contribution is 4.85. The van der Waals surface area contributed by atoms with Crippen LogP contribution in [0.15, 0.2) is 0 Å². The Morgan fingerprint density at radius 3 is 2.17 bits per heavy atom. The lowest BCUT2D eigenvalue weighted by molar-refractivity contribution is 0.164. The molecule has 1 aliphatic heterocycles. The van der Waals surface area contributed by atoms with E-state index >= 15 is 0 Å². The van der Waals surface area contributed by atoms with Gasteiger partial charge in [0.25, 0.3) is 0 Å². The van der Waals surface area contributed by atoms with Crippen molar-refractivity contribution >= 4 is 0 Å². The maximum atomic E-state index is 3.56. The summed E-state index contributed by atoms with van der Waals surface area (Å²) in [5, 5.41) is 3.56. The third-order valence-corrected chi connectivity index (χ3v) is 2.94. The highest BCUT2D eigenvalue weighted by atomic mass is 15.1. The van der Waals surface area contributed by atoms with Crippen molar-refractivity contribution in [2.24, 2.45) is 0 Å². The summed E-state index contributed by atoms with van der Waals surface area (Å²) in [7, 11) is 2.23. The lowest BCUT2D eigenvalue weighted by Crippen LogP contribution is -2.49. The van der Waals surface area contributed by atoms with Gasteiger partial charge in [-0.2, -0.15) is 0 Å². The Bertz CT molecular complexity index is 126. The molecule has 0 aliphatic carbocycles. The SMILES string of the molecule is CCN(C)C1CC(C)NC(C)C1. The lowest BCUT2D eigenvalue weighted by atomic mass is 9.94. The smallest absolute Gasteiger partial charge is 0.0121 e. The van der Waals surface area contributed by atoms with E-state index in [0.29, 0.717) is 12.1 Å². The normalized spacial score (nSPS) is 37.2. The molecule has 0 aromatic heterocycles. The third-order valence-electron chi connectivity index (χ3n) is 2.94. The van der Waals surface area contributed by atoms with Crippen LogP contribution in [0.3, 0.4) is 0 Å². The predicted molar refractivity (Wildman–Crippen MR) is 53.4 cm³/mol. The van der Waals surface area contributed by atoms with Gasteiger partial charge in [0.05, 0.1) is 0 Å². The summed E-state index contributed by atoms with van der Waals surface area (Å²) >= 11 is 0. The quantitative estimate of drug-likeness (QED) is 0.675. The summed E-state index contributed by atoms with van der Waals surface area (Å²) in [5.74, 6) is 0. The zero-order valence-corrected chi connectivity index (χ0v) is 8.80. The number of piperidine rings is 1. The van der Waals surface area contributed by atoms with Crippen LogP contribution >= 0.6 is 0 Å². The molecule has 0 spiro atoms. The first-order valence-electron chi connectivity index (χ1n) is 5.09. The molecule has 0 saturated carbocycles. The largest absolute Gasteiger partial charge is 0.312 e. The molecule has 72 valence electrons. The van der Waals surface area contributed by atoms with Crippen molar-refractivity contribution < 1.29 is 0 Å². The molecular formula is C10H22N2. The Morgan fingerprint density at radius 1 is 1.25 bits per heavy atom. The molecule has 0 amide bonds. The first kappa shape index (κ1) is 10.0. The highest BCUT2D eigenvalue weighted by Crippen LogP contribution is 2.17. The van der Waals surface area contributed by atoms with E-state index in [1.165, 1.54) is 19.4 Å². The molecule has 1 aliphatic rings. The topological polar surface area (TPSA) is 15.3 Å². The van der Waals surface area contributed by atoms with Crippen molar-refractivity contribution in [3.63, 3.8) is 0 Å². The minimum absolute atomic E-state index is 0.688.